The number of rotatable bonds is 5. The van der Waals surface area contributed by atoms with E-state index >= 15 is 0 Å². The Morgan fingerprint density at radius 2 is 1.95 bits per heavy atom. The average Bonchev–Trinajstić information content (AvgIpc) is 2.45. The van der Waals surface area contributed by atoms with Crippen LogP contribution in [-0.2, 0) is 11.4 Å². The predicted molar refractivity (Wildman–Crippen MR) is 85.4 cm³/mol. The quantitative estimate of drug-likeness (QED) is 0.829. The summed E-state index contributed by atoms with van der Waals surface area (Å²) in [5, 5.41) is 0.669. The van der Waals surface area contributed by atoms with Crippen molar-refractivity contribution in [1.29, 1.82) is 0 Å². The van der Waals surface area contributed by atoms with Crippen molar-refractivity contribution in [2.24, 2.45) is 5.73 Å². The van der Waals surface area contributed by atoms with Crippen LogP contribution < -0.4 is 10.5 Å². The summed E-state index contributed by atoms with van der Waals surface area (Å²) in [6.45, 7) is 0.162. The van der Waals surface area contributed by atoms with Crippen LogP contribution in [0, 0.1) is 5.82 Å². The van der Waals surface area contributed by atoms with Crippen LogP contribution in [0.2, 0.25) is 10.0 Å². The van der Waals surface area contributed by atoms with Crippen molar-refractivity contribution in [3.8, 4) is 5.75 Å². The highest BCUT2D eigenvalue weighted by atomic mass is 35.5. The summed E-state index contributed by atoms with van der Waals surface area (Å²) in [7, 11) is 0. The fraction of sp³-hybridized carbons (Fsp3) is 0.0625. The molecule has 0 aliphatic heterocycles. The first kappa shape index (κ1) is 16.3. The van der Waals surface area contributed by atoms with E-state index in [0.717, 1.165) is 5.56 Å². The van der Waals surface area contributed by atoms with E-state index in [1.807, 2.05) is 0 Å². The van der Waals surface area contributed by atoms with Crippen LogP contribution in [0.1, 0.15) is 11.1 Å². The van der Waals surface area contributed by atoms with Crippen molar-refractivity contribution >= 4 is 35.2 Å². The van der Waals surface area contributed by atoms with Gasteiger partial charge in [-0.05, 0) is 35.9 Å². The number of carbonyl (C=O) groups is 1. The number of nitrogens with two attached hydrogens (primary N) is 1. The van der Waals surface area contributed by atoms with E-state index in [-0.39, 0.29) is 11.6 Å². The highest BCUT2D eigenvalue weighted by Crippen LogP contribution is 2.28. The lowest BCUT2D eigenvalue weighted by Crippen LogP contribution is -2.05. The fourth-order valence-electron chi connectivity index (χ4n) is 1.71. The molecule has 2 aromatic carbocycles. The third-order valence-corrected chi connectivity index (χ3v) is 3.44. The minimum atomic E-state index is -0.539. The molecule has 0 atom stereocenters. The van der Waals surface area contributed by atoms with Crippen LogP contribution in [0.5, 0.6) is 5.75 Å². The van der Waals surface area contributed by atoms with Gasteiger partial charge >= 0.3 is 0 Å². The predicted octanol–water partition coefficient (Wildman–Crippen LogP) is 4.21. The summed E-state index contributed by atoms with van der Waals surface area (Å²) >= 11 is 12.0. The lowest BCUT2D eigenvalue weighted by Gasteiger charge is -2.10. The molecule has 2 rings (SSSR count). The zero-order valence-electron chi connectivity index (χ0n) is 11.4. The molecule has 0 aromatic heterocycles. The summed E-state index contributed by atoms with van der Waals surface area (Å²) in [6.07, 6.45) is 2.79. The van der Waals surface area contributed by atoms with Crippen LogP contribution in [-0.4, -0.2) is 5.91 Å². The van der Waals surface area contributed by atoms with Crippen LogP contribution in [0.4, 0.5) is 4.39 Å². The number of hydrogen-bond acceptors (Lipinski definition) is 2. The average molecular weight is 340 g/mol. The molecule has 0 saturated carbocycles. The largest absolute Gasteiger partial charge is 0.487 e. The first-order valence-corrected chi connectivity index (χ1v) is 7.05. The molecule has 6 heteroatoms. The van der Waals surface area contributed by atoms with Gasteiger partial charge in [-0.1, -0.05) is 35.3 Å². The third-order valence-electron chi connectivity index (χ3n) is 2.79. The molecule has 0 aliphatic carbocycles. The molecule has 114 valence electrons. The molecule has 2 aromatic rings. The zero-order valence-corrected chi connectivity index (χ0v) is 12.9. The van der Waals surface area contributed by atoms with E-state index in [9.17, 15) is 9.18 Å². The van der Waals surface area contributed by atoms with Crippen LogP contribution in [0.15, 0.2) is 42.5 Å². The van der Waals surface area contributed by atoms with Crippen LogP contribution in [0.25, 0.3) is 6.08 Å². The number of hydrogen-bond donors (Lipinski definition) is 1. The molecule has 3 nitrogen and oxygen atoms in total. The highest BCUT2D eigenvalue weighted by Gasteiger charge is 2.06. The fourth-order valence-corrected chi connectivity index (χ4v) is 2.18. The molecule has 0 aliphatic rings. The van der Waals surface area contributed by atoms with Gasteiger partial charge in [-0.2, -0.15) is 0 Å². The van der Waals surface area contributed by atoms with Crippen LogP contribution >= 0.6 is 23.2 Å². The van der Waals surface area contributed by atoms with E-state index in [2.05, 4.69) is 0 Å². The Balaban J connectivity index is 2.08. The minimum Gasteiger partial charge on any atom is -0.487 e. The second kappa shape index (κ2) is 7.29. The van der Waals surface area contributed by atoms with Gasteiger partial charge < -0.3 is 10.5 Å². The van der Waals surface area contributed by atoms with Crippen molar-refractivity contribution in [2.45, 2.75) is 6.61 Å². The summed E-state index contributed by atoms with van der Waals surface area (Å²) in [5.74, 6) is -0.488. The Bertz CT molecular complexity index is 732. The SMILES string of the molecule is NC(=O)/C=C/c1ccc(OCc2ccc(F)cc2Cl)c(Cl)c1. The minimum absolute atomic E-state index is 0.162. The van der Waals surface area contributed by atoms with E-state index in [1.165, 1.54) is 18.2 Å². The number of carbonyl (C=O) groups excluding carboxylic acids is 1. The molecular weight excluding hydrogens is 328 g/mol. The molecule has 0 bridgehead atoms. The normalized spacial score (nSPS) is 10.9. The maximum Gasteiger partial charge on any atom is 0.241 e. The van der Waals surface area contributed by atoms with Crippen LogP contribution in [0.3, 0.4) is 0 Å². The highest BCUT2D eigenvalue weighted by molar-refractivity contribution is 6.32. The Morgan fingerprint density at radius 3 is 2.59 bits per heavy atom. The topological polar surface area (TPSA) is 52.3 Å². The number of ether oxygens (including phenoxy) is 1. The molecular formula is C16H12Cl2FNO2. The number of primary amides is 1. The summed E-state index contributed by atoms with van der Waals surface area (Å²) in [4.78, 5) is 10.7. The molecule has 1 amide bonds. The first-order chi connectivity index (χ1) is 10.5. The van der Waals surface area contributed by atoms with Gasteiger partial charge in [0.05, 0.1) is 10.0 Å². The van der Waals surface area contributed by atoms with Gasteiger partial charge in [0.15, 0.2) is 0 Å². The van der Waals surface area contributed by atoms with Gasteiger partial charge in [-0.15, -0.1) is 0 Å². The smallest absolute Gasteiger partial charge is 0.241 e. The molecule has 0 saturated heterocycles. The van der Waals surface area contributed by atoms with Crippen molar-refractivity contribution in [3.05, 3.63) is 69.5 Å². The zero-order chi connectivity index (χ0) is 16.1. The summed E-state index contributed by atoms with van der Waals surface area (Å²) in [5.41, 5.74) is 6.39. The molecule has 0 fully saturated rings. The van der Waals surface area contributed by atoms with Gasteiger partial charge in [0.2, 0.25) is 5.91 Å². The Morgan fingerprint density at radius 1 is 1.18 bits per heavy atom. The standard InChI is InChI=1S/C16H12Cl2FNO2/c17-13-8-12(19)4-3-11(13)9-22-15-5-1-10(7-14(15)18)2-6-16(20)21/h1-8H,9H2,(H2,20,21)/b6-2+. The molecule has 0 heterocycles. The Labute approximate surface area is 137 Å². The van der Waals surface area contributed by atoms with Crippen molar-refractivity contribution in [1.82, 2.24) is 0 Å². The molecule has 0 unspecified atom stereocenters. The van der Waals surface area contributed by atoms with E-state index in [1.54, 1.807) is 30.3 Å². The molecule has 2 N–H and O–H groups in total. The number of halogens is 3. The number of benzene rings is 2. The second-order valence-electron chi connectivity index (χ2n) is 4.45. The monoisotopic (exact) mass is 339 g/mol. The number of amides is 1. The van der Waals surface area contributed by atoms with E-state index in [0.29, 0.717) is 16.3 Å². The van der Waals surface area contributed by atoms with Gasteiger partial charge in [0.1, 0.15) is 18.2 Å². The Hall–Kier alpha value is -2.04. The van der Waals surface area contributed by atoms with E-state index < -0.39 is 11.7 Å². The van der Waals surface area contributed by atoms with Gasteiger partial charge in [0, 0.05) is 11.6 Å². The maximum atomic E-state index is 13.0. The summed E-state index contributed by atoms with van der Waals surface area (Å²) in [6, 6.07) is 9.12. The Kier molecular flexibility index (Phi) is 5.41. The lowest BCUT2D eigenvalue weighted by atomic mass is 10.2. The maximum absolute atomic E-state index is 13.0. The van der Waals surface area contributed by atoms with Gasteiger partial charge in [-0.25, -0.2) is 4.39 Å². The third kappa shape index (κ3) is 4.48. The van der Waals surface area contributed by atoms with Crippen molar-refractivity contribution < 1.29 is 13.9 Å². The van der Waals surface area contributed by atoms with Crippen molar-refractivity contribution in [2.75, 3.05) is 0 Å². The first-order valence-electron chi connectivity index (χ1n) is 6.29. The molecule has 0 radical (unpaired) electrons. The second-order valence-corrected chi connectivity index (χ2v) is 5.26. The lowest BCUT2D eigenvalue weighted by molar-refractivity contribution is -0.113. The van der Waals surface area contributed by atoms with Crippen molar-refractivity contribution in [3.63, 3.8) is 0 Å². The van der Waals surface area contributed by atoms with Gasteiger partial charge in [-0.3, -0.25) is 4.79 Å². The van der Waals surface area contributed by atoms with Gasteiger partial charge in [0.25, 0.3) is 0 Å². The summed E-state index contributed by atoms with van der Waals surface area (Å²) < 4.78 is 18.5. The molecule has 0 spiro atoms. The van der Waals surface area contributed by atoms with E-state index in [4.69, 9.17) is 33.7 Å². The molecule has 22 heavy (non-hydrogen) atoms.